The maximum Gasteiger partial charge on any atom is 0.207 e. The number of hydrogen-bond acceptors (Lipinski definition) is 5. The van der Waals surface area contributed by atoms with E-state index in [1.165, 1.54) is 11.3 Å². The van der Waals surface area contributed by atoms with Gasteiger partial charge in [-0.25, -0.2) is 4.98 Å². The van der Waals surface area contributed by atoms with Gasteiger partial charge in [0.2, 0.25) is 5.78 Å². The van der Waals surface area contributed by atoms with Gasteiger partial charge in [-0.15, -0.1) is 11.3 Å². The Kier molecular flexibility index (Phi) is 4.72. The number of nitrogens with two attached hydrogens (primary N) is 1. The summed E-state index contributed by atoms with van der Waals surface area (Å²) >= 11 is 1.33. The van der Waals surface area contributed by atoms with Crippen LogP contribution in [-0.4, -0.2) is 30.5 Å². The Balaban J connectivity index is 2.37. The smallest absolute Gasteiger partial charge is 0.207 e. The van der Waals surface area contributed by atoms with Gasteiger partial charge in [-0.3, -0.25) is 4.79 Å². The number of carbonyl (C=O) groups excluding carboxylic acids is 1. The van der Waals surface area contributed by atoms with Crippen molar-refractivity contribution in [2.45, 2.75) is 18.9 Å². The molecule has 14 heavy (non-hydrogen) atoms. The zero-order valence-electron chi connectivity index (χ0n) is 8.10. The number of carbonyl (C=O) groups is 1. The summed E-state index contributed by atoms with van der Waals surface area (Å²) in [6.07, 6.45) is 3.06. The maximum absolute atomic E-state index is 11.6. The van der Waals surface area contributed by atoms with Crippen molar-refractivity contribution in [1.29, 1.82) is 0 Å². The van der Waals surface area contributed by atoms with Gasteiger partial charge in [0.05, 0.1) is 6.04 Å². The van der Waals surface area contributed by atoms with E-state index >= 15 is 0 Å². The van der Waals surface area contributed by atoms with Crippen LogP contribution in [0.4, 0.5) is 0 Å². The molecular weight excluding hydrogens is 200 g/mol. The largest absolute Gasteiger partial charge is 0.385 e. The minimum absolute atomic E-state index is 0.0731. The van der Waals surface area contributed by atoms with Crippen LogP contribution in [0.2, 0.25) is 0 Å². The van der Waals surface area contributed by atoms with Crippen LogP contribution in [0, 0.1) is 0 Å². The summed E-state index contributed by atoms with van der Waals surface area (Å²) in [4.78, 5) is 15.5. The molecule has 0 amide bonds. The predicted molar refractivity (Wildman–Crippen MR) is 55.5 cm³/mol. The second-order valence-corrected chi connectivity index (χ2v) is 3.84. The van der Waals surface area contributed by atoms with Crippen molar-refractivity contribution in [2.75, 3.05) is 13.7 Å². The lowest BCUT2D eigenvalue weighted by molar-refractivity contribution is 0.0950. The normalized spacial score (nSPS) is 12.7. The number of methoxy groups -OCH3 is 1. The van der Waals surface area contributed by atoms with Gasteiger partial charge in [0.1, 0.15) is 0 Å². The predicted octanol–water partition coefficient (Wildman–Crippen LogP) is 1.08. The number of Topliss-reactive ketones (excluding diaryl/α,β-unsaturated/α-hetero) is 1. The molecule has 0 bridgehead atoms. The third kappa shape index (κ3) is 3.17. The highest BCUT2D eigenvalue weighted by Crippen LogP contribution is 2.09. The van der Waals surface area contributed by atoms with Crippen molar-refractivity contribution in [3.63, 3.8) is 0 Å². The van der Waals surface area contributed by atoms with Gasteiger partial charge in [0.15, 0.2) is 5.01 Å². The molecule has 1 aromatic rings. The average Bonchev–Trinajstić information content (AvgIpc) is 2.69. The van der Waals surface area contributed by atoms with Crippen molar-refractivity contribution in [1.82, 2.24) is 4.98 Å². The molecule has 78 valence electrons. The number of aromatic nitrogens is 1. The van der Waals surface area contributed by atoms with Crippen LogP contribution >= 0.6 is 11.3 Å². The van der Waals surface area contributed by atoms with Crippen molar-refractivity contribution in [3.05, 3.63) is 16.6 Å². The van der Waals surface area contributed by atoms with Crippen LogP contribution in [0.3, 0.4) is 0 Å². The summed E-state index contributed by atoms with van der Waals surface area (Å²) in [5.41, 5.74) is 5.71. The van der Waals surface area contributed by atoms with Crippen LogP contribution in [-0.2, 0) is 4.74 Å². The first-order valence-corrected chi connectivity index (χ1v) is 5.32. The Bertz CT molecular complexity index is 274. The van der Waals surface area contributed by atoms with Crippen LogP contribution in [0.5, 0.6) is 0 Å². The van der Waals surface area contributed by atoms with Gasteiger partial charge in [0, 0.05) is 25.3 Å². The molecule has 1 unspecified atom stereocenters. The molecule has 1 atom stereocenters. The van der Waals surface area contributed by atoms with E-state index in [0.717, 1.165) is 6.42 Å². The first-order valence-electron chi connectivity index (χ1n) is 4.44. The zero-order valence-corrected chi connectivity index (χ0v) is 8.92. The lowest BCUT2D eigenvalue weighted by atomic mass is 10.1. The standard InChI is InChI=1S/C9H14N2O2S/c1-13-5-2-3-7(10)8(12)9-11-4-6-14-9/h4,6-7H,2-3,5,10H2,1H3. The highest BCUT2D eigenvalue weighted by atomic mass is 32.1. The van der Waals surface area contributed by atoms with Crippen LogP contribution in [0.1, 0.15) is 22.6 Å². The second kappa shape index (κ2) is 5.85. The van der Waals surface area contributed by atoms with Crippen LogP contribution in [0.15, 0.2) is 11.6 Å². The minimum atomic E-state index is -0.448. The number of nitrogens with zero attached hydrogens (tertiary/aromatic N) is 1. The summed E-state index contributed by atoms with van der Waals surface area (Å²) in [5, 5.41) is 2.27. The average molecular weight is 214 g/mol. The number of ketones is 1. The summed E-state index contributed by atoms with van der Waals surface area (Å²) in [6.45, 7) is 0.638. The zero-order chi connectivity index (χ0) is 10.4. The number of rotatable bonds is 6. The molecule has 0 saturated carbocycles. The molecule has 2 N–H and O–H groups in total. The molecule has 1 rings (SSSR count). The third-order valence-electron chi connectivity index (χ3n) is 1.84. The van der Waals surface area contributed by atoms with Crippen LogP contribution in [0.25, 0.3) is 0 Å². The van der Waals surface area contributed by atoms with Gasteiger partial charge >= 0.3 is 0 Å². The third-order valence-corrected chi connectivity index (χ3v) is 2.63. The van der Waals surface area contributed by atoms with E-state index in [4.69, 9.17) is 10.5 Å². The molecular formula is C9H14N2O2S. The van der Waals surface area contributed by atoms with E-state index in [2.05, 4.69) is 4.98 Å². The van der Waals surface area contributed by atoms with Gasteiger partial charge in [-0.1, -0.05) is 0 Å². The fraction of sp³-hybridized carbons (Fsp3) is 0.556. The lowest BCUT2D eigenvalue weighted by Gasteiger charge is -2.07. The number of hydrogen-bond donors (Lipinski definition) is 1. The quantitative estimate of drug-likeness (QED) is 0.568. The van der Waals surface area contributed by atoms with Crippen molar-refractivity contribution < 1.29 is 9.53 Å². The Labute approximate surface area is 87.1 Å². The minimum Gasteiger partial charge on any atom is -0.385 e. The summed E-state index contributed by atoms with van der Waals surface area (Å²) in [7, 11) is 1.63. The van der Waals surface area contributed by atoms with E-state index in [-0.39, 0.29) is 5.78 Å². The molecule has 0 fully saturated rings. The van der Waals surface area contributed by atoms with Gasteiger partial charge in [-0.2, -0.15) is 0 Å². The number of ether oxygens (including phenoxy) is 1. The van der Waals surface area contributed by atoms with E-state index < -0.39 is 6.04 Å². The molecule has 0 aliphatic carbocycles. The molecule has 4 nitrogen and oxygen atoms in total. The molecule has 5 heteroatoms. The highest BCUT2D eigenvalue weighted by molar-refractivity contribution is 7.11. The fourth-order valence-corrected chi connectivity index (χ4v) is 1.72. The highest BCUT2D eigenvalue weighted by Gasteiger charge is 2.17. The fourth-order valence-electron chi connectivity index (χ4n) is 1.08. The summed E-state index contributed by atoms with van der Waals surface area (Å²) in [6, 6.07) is -0.448. The van der Waals surface area contributed by atoms with Gasteiger partial charge in [-0.05, 0) is 12.8 Å². The topological polar surface area (TPSA) is 65.2 Å². The Morgan fingerprint density at radius 1 is 1.79 bits per heavy atom. The van der Waals surface area contributed by atoms with E-state index in [9.17, 15) is 4.79 Å². The monoisotopic (exact) mass is 214 g/mol. The molecule has 0 saturated heterocycles. The van der Waals surface area contributed by atoms with Crippen molar-refractivity contribution in [2.24, 2.45) is 5.73 Å². The van der Waals surface area contributed by atoms with Crippen molar-refractivity contribution in [3.8, 4) is 0 Å². The van der Waals surface area contributed by atoms with E-state index in [1.54, 1.807) is 18.7 Å². The molecule has 0 radical (unpaired) electrons. The molecule has 0 aliphatic heterocycles. The maximum atomic E-state index is 11.6. The molecule has 0 aromatic carbocycles. The first-order chi connectivity index (χ1) is 6.75. The van der Waals surface area contributed by atoms with Gasteiger partial charge in [0.25, 0.3) is 0 Å². The lowest BCUT2D eigenvalue weighted by Crippen LogP contribution is -2.30. The van der Waals surface area contributed by atoms with Gasteiger partial charge < -0.3 is 10.5 Å². The summed E-state index contributed by atoms with van der Waals surface area (Å²) < 4.78 is 4.88. The molecule has 0 spiro atoms. The summed E-state index contributed by atoms with van der Waals surface area (Å²) in [5.74, 6) is -0.0731. The van der Waals surface area contributed by atoms with Crippen LogP contribution < -0.4 is 5.73 Å². The Hall–Kier alpha value is -0.780. The first kappa shape index (κ1) is 11.3. The molecule has 1 heterocycles. The second-order valence-electron chi connectivity index (χ2n) is 2.94. The van der Waals surface area contributed by atoms with Crippen molar-refractivity contribution >= 4 is 17.1 Å². The van der Waals surface area contributed by atoms with E-state index in [1.807, 2.05) is 0 Å². The number of thiazole rings is 1. The molecule has 1 aromatic heterocycles. The Morgan fingerprint density at radius 3 is 3.14 bits per heavy atom. The SMILES string of the molecule is COCCCC(N)C(=O)c1nccs1. The molecule has 0 aliphatic rings. The Morgan fingerprint density at radius 2 is 2.57 bits per heavy atom. The van der Waals surface area contributed by atoms with E-state index in [0.29, 0.717) is 18.0 Å².